The zero-order valence-electron chi connectivity index (χ0n) is 11.6. The molecule has 1 aromatic heterocycles. The first-order valence-corrected chi connectivity index (χ1v) is 7.23. The Hall–Kier alpha value is -1.88. The van der Waals surface area contributed by atoms with Gasteiger partial charge >= 0.3 is 0 Å². The molecule has 0 spiro atoms. The van der Waals surface area contributed by atoms with E-state index in [1.165, 1.54) is 5.56 Å². The van der Waals surface area contributed by atoms with Gasteiger partial charge in [-0.3, -0.25) is 4.68 Å². The topological polar surface area (TPSA) is 41.9 Å². The maximum absolute atomic E-state index is 5.30. The highest BCUT2D eigenvalue weighted by atomic mass is 32.1. The summed E-state index contributed by atoms with van der Waals surface area (Å²) < 4.78 is 1.92. The van der Waals surface area contributed by atoms with Gasteiger partial charge in [-0.25, -0.2) is 0 Å². The fraction of sp³-hybridized carbons (Fsp3) is 0.333. The van der Waals surface area contributed by atoms with Crippen molar-refractivity contribution in [2.75, 3.05) is 6.54 Å². The molecule has 0 aliphatic carbocycles. The molecule has 0 fully saturated rings. The first-order chi connectivity index (χ1) is 9.75. The minimum atomic E-state index is 0.210. The molecule has 1 atom stereocenters. The minimum absolute atomic E-state index is 0.210. The summed E-state index contributed by atoms with van der Waals surface area (Å²) in [5.74, 6) is 0. The summed E-state index contributed by atoms with van der Waals surface area (Å²) in [6, 6.07) is 12.4. The zero-order valence-corrected chi connectivity index (χ0v) is 12.4. The lowest BCUT2D eigenvalue weighted by molar-refractivity contribution is 0.569. The number of hydrogen-bond donors (Lipinski definition) is 2. The van der Waals surface area contributed by atoms with E-state index in [1.807, 2.05) is 35.1 Å². The molecule has 2 aromatic rings. The normalized spacial score (nSPS) is 11.8. The molecule has 0 amide bonds. The first kappa shape index (κ1) is 14.5. The number of aryl methyl sites for hydroxylation is 1. The molecule has 20 heavy (non-hydrogen) atoms. The molecule has 1 heterocycles. The second-order valence-corrected chi connectivity index (χ2v) is 5.06. The predicted octanol–water partition coefficient (Wildman–Crippen LogP) is 2.50. The van der Waals surface area contributed by atoms with E-state index < -0.39 is 0 Å². The van der Waals surface area contributed by atoms with Crippen LogP contribution in [0.1, 0.15) is 24.9 Å². The molecule has 2 rings (SSSR count). The smallest absolute Gasteiger partial charge is 0.166 e. The molecule has 2 N–H and O–H groups in total. The van der Waals surface area contributed by atoms with Gasteiger partial charge in [-0.1, -0.05) is 30.3 Å². The van der Waals surface area contributed by atoms with Crippen molar-refractivity contribution >= 4 is 17.3 Å². The largest absolute Gasteiger partial charge is 0.363 e. The molecule has 0 unspecified atom stereocenters. The lowest BCUT2D eigenvalue weighted by Crippen LogP contribution is -2.37. The zero-order chi connectivity index (χ0) is 14.2. The van der Waals surface area contributed by atoms with Crippen molar-refractivity contribution in [2.24, 2.45) is 0 Å². The summed E-state index contributed by atoms with van der Waals surface area (Å²) in [5.41, 5.74) is 1.23. The van der Waals surface area contributed by atoms with Crippen LogP contribution in [-0.2, 0) is 6.54 Å². The van der Waals surface area contributed by atoms with Crippen LogP contribution in [0, 0.1) is 0 Å². The van der Waals surface area contributed by atoms with Crippen molar-refractivity contribution in [1.29, 1.82) is 0 Å². The molecule has 1 aromatic carbocycles. The van der Waals surface area contributed by atoms with Gasteiger partial charge in [-0.15, -0.1) is 0 Å². The number of rotatable bonds is 6. The van der Waals surface area contributed by atoms with E-state index in [4.69, 9.17) is 12.2 Å². The van der Waals surface area contributed by atoms with Crippen LogP contribution >= 0.6 is 12.2 Å². The lowest BCUT2D eigenvalue weighted by atomic mass is 10.1. The fourth-order valence-corrected chi connectivity index (χ4v) is 2.23. The highest BCUT2D eigenvalue weighted by Crippen LogP contribution is 2.10. The average molecular weight is 288 g/mol. The number of aromatic nitrogens is 2. The highest BCUT2D eigenvalue weighted by molar-refractivity contribution is 7.80. The summed E-state index contributed by atoms with van der Waals surface area (Å²) in [6.07, 6.45) is 4.75. The van der Waals surface area contributed by atoms with Gasteiger partial charge in [-0.2, -0.15) is 5.10 Å². The third kappa shape index (κ3) is 4.66. The van der Waals surface area contributed by atoms with Gasteiger partial charge < -0.3 is 10.6 Å². The molecule has 4 nitrogen and oxygen atoms in total. The summed E-state index contributed by atoms with van der Waals surface area (Å²) in [4.78, 5) is 0. The second kappa shape index (κ2) is 7.65. The van der Waals surface area contributed by atoms with Crippen molar-refractivity contribution in [3.63, 3.8) is 0 Å². The maximum Gasteiger partial charge on any atom is 0.166 e. The van der Waals surface area contributed by atoms with Crippen LogP contribution in [0.2, 0.25) is 0 Å². The number of nitrogens with zero attached hydrogens (tertiary/aromatic N) is 2. The molecule has 0 bridgehead atoms. The number of nitrogens with one attached hydrogen (secondary N) is 2. The molecule has 0 radical (unpaired) electrons. The molecule has 5 heteroatoms. The van der Waals surface area contributed by atoms with Gasteiger partial charge in [0.25, 0.3) is 0 Å². The monoisotopic (exact) mass is 288 g/mol. The van der Waals surface area contributed by atoms with Crippen LogP contribution in [0.4, 0.5) is 0 Å². The van der Waals surface area contributed by atoms with Gasteiger partial charge in [0.05, 0.1) is 6.04 Å². The summed E-state index contributed by atoms with van der Waals surface area (Å²) in [7, 11) is 0. The molecular weight excluding hydrogens is 268 g/mol. The van der Waals surface area contributed by atoms with Crippen LogP contribution in [0.3, 0.4) is 0 Å². The van der Waals surface area contributed by atoms with Gasteiger partial charge in [0.2, 0.25) is 0 Å². The van der Waals surface area contributed by atoms with Crippen LogP contribution < -0.4 is 10.6 Å². The number of benzene rings is 1. The van der Waals surface area contributed by atoms with Crippen molar-refractivity contribution in [3.05, 3.63) is 54.4 Å². The van der Waals surface area contributed by atoms with E-state index >= 15 is 0 Å². The Morgan fingerprint density at radius 2 is 2.10 bits per heavy atom. The van der Waals surface area contributed by atoms with Gasteiger partial charge in [0.15, 0.2) is 5.11 Å². The van der Waals surface area contributed by atoms with E-state index in [0.717, 1.165) is 19.5 Å². The maximum atomic E-state index is 5.30. The SMILES string of the molecule is C[C@H](NC(=S)NCCCn1cccn1)c1ccccc1. The Bertz CT molecular complexity index is 510. The van der Waals surface area contributed by atoms with E-state index in [2.05, 4.69) is 34.8 Å². The molecule has 0 saturated carbocycles. The summed E-state index contributed by atoms with van der Waals surface area (Å²) >= 11 is 5.30. The highest BCUT2D eigenvalue weighted by Gasteiger charge is 2.05. The summed E-state index contributed by atoms with van der Waals surface area (Å²) in [5, 5.41) is 11.4. The van der Waals surface area contributed by atoms with E-state index in [1.54, 1.807) is 6.20 Å². The summed E-state index contributed by atoms with van der Waals surface area (Å²) in [6.45, 7) is 3.84. The van der Waals surface area contributed by atoms with Crippen molar-refractivity contribution in [3.8, 4) is 0 Å². The Labute approximate surface area is 125 Å². The Kier molecular flexibility index (Phi) is 5.55. The number of thiocarbonyl (C=S) groups is 1. The van der Waals surface area contributed by atoms with Crippen molar-refractivity contribution < 1.29 is 0 Å². The average Bonchev–Trinajstić information content (AvgIpc) is 2.98. The van der Waals surface area contributed by atoms with Crippen LogP contribution in [0.25, 0.3) is 0 Å². The third-order valence-electron chi connectivity index (χ3n) is 3.06. The first-order valence-electron chi connectivity index (χ1n) is 6.82. The standard InChI is InChI=1S/C15H20N4S/c1-13(14-7-3-2-4-8-14)18-15(20)16-9-5-11-19-12-6-10-17-19/h2-4,6-8,10,12-13H,5,9,11H2,1H3,(H2,16,18,20)/t13-/m0/s1. The molecule has 0 aliphatic rings. The second-order valence-electron chi connectivity index (χ2n) is 4.66. The third-order valence-corrected chi connectivity index (χ3v) is 3.32. The van der Waals surface area contributed by atoms with Crippen molar-refractivity contribution in [2.45, 2.75) is 25.9 Å². The van der Waals surface area contributed by atoms with E-state index in [9.17, 15) is 0 Å². The van der Waals surface area contributed by atoms with E-state index in [-0.39, 0.29) is 6.04 Å². The van der Waals surface area contributed by atoms with Crippen LogP contribution in [-0.4, -0.2) is 21.4 Å². The predicted molar refractivity (Wildman–Crippen MR) is 85.4 cm³/mol. The minimum Gasteiger partial charge on any atom is -0.363 e. The van der Waals surface area contributed by atoms with Gasteiger partial charge in [-0.05, 0) is 37.2 Å². The van der Waals surface area contributed by atoms with Crippen molar-refractivity contribution in [1.82, 2.24) is 20.4 Å². The molecule has 0 aliphatic heterocycles. The number of hydrogen-bond acceptors (Lipinski definition) is 2. The Balaban J connectivity index is 1.65. The lowest BCUT2D eigenvalue weighted by Gasteiger charge is -2.17. The molecule has 0 saturated heterocycles. The Morgan fingerprint density at radius 1 is 1.30 bits per heavy atom. The van der Waals surface area contributed by atoms with E-state index in [0.29, 0.717) is 5.11 Å². The van der Waals surface area contributed by atoms with Crippen LogP contribution in [0.15, 0.2) is 48.8 Å². The molecule has 106 valence electrons. The van der Waals surface area contributed by atoms with Gasteiger partial charge in [0.1, 0.15) is 0 Å². The quantitative estimate of drug-likeness (QED) is 0.633. The van der Waals surface area contributed by atoms with Gasteiger partial charge in [0, 0.05) is 25.5 Å². The molecular formula is C15H20N4S. The fourth-order valence-electron chi connectivity index (χ4n) is 1.95. The van der Waals surface area contributed by atoms with Crippen LogP contribution in [0.5, 0.6) is 0 Å². The Morgan fingerprint density at radius 3 is 2.80 bits per heavy atom.